The van der Waals surface area contributed by atoms with E-state index in [0.717, 1.165) is 25.7 Å². The number of likely N-dealkylation sites (tertiary alicyclic amines) is 1. The Balaban J connectivity index is 1.85. The maximum Gasteiger partial charge on any atom is 0.246 e. The monoisotopic (exact) mass is 532 g/mol. The Morgan fingerprint density at radius 3 is 2.03 bits per heavy atom. The molecule has 1 heterocycles. The van der Waals surface area contributed by atoms with Crippen LogP contribution in [-0.4, -0.2) is 52.1 Å². The smallest absolute Gasteiger partial charge is 0.246 e. The zero-order valence-electron chi connectivity index (χ0n) is 25.1. The van der Waals surface area contributed by atoms with E-state index >= 15 is 0 Å². The standard InChI is InChI=1S/C31H52N2O5/c1-28(2,3)15-21(34)14-22(29(4,5)6)27(38)33-18-31(17-30(31,7)8)16-23(33)24(35)13-20(25(36)26(32)37)12-19-10-9-11-19/h19-20,22-23,25,36H,9-18H2,1-8H3,(H2,32,37)/t20?,22-,23+,25?,31?/m1/s1. The van der Waals surface area contributed by atoms with E-state index < -0.39 is 35.3 Å². The molecule has 0 radical (unpaired) electrons. The molecule has 3 N–H and O–H groups in total. The van der Waals surface area contributed by atoms with Crippen LogP contribution in [0.2, 0.25) is 0 Å². The molecule has 5 atom stereocenters. The average molecular weight is 533 g/mol. The third kappa shape index (κ3) is 6.86. The predicted octanol–water partition coefficient (Wildman–Crippen LogP) is 4.67. The molecule has 7 heteroatoms. The van der Waals surface area contributed by atoms with Gasteiger partial charge in [-0.1, -0.05) is 74.7 Å². The van der Waals surface area contributed by atoms with E-state index in [4.69, 9.17) is 5.73 Å². The van der Waals surface area contributed by atoms with Crippen molar-refractivity contribution in [3.8, 4) is 0 Å². The molecule has 2 amide bonds. The molecule has 1 spiro atoms. The van der Waals surface area contributed by atoms with Crippen LogP contribution in [-0.2, 0) is 19.2 Å². The summed E-state index contributed by atoms with van der Waals surface area (Å²) in [6.45, 7) is 16.9. The van der Waals surface area contributed by atoms with Crippen molar-refractivity contribution in [1.29, 1.82) is 0 Å². The summed E-state index contributed by atoms with van der Waals surface area (Å²) in [5.41, 5.74) is 4.78. The normalized spacial score (nSPS) is 27.5. The number of aliphatic hydroxyl groups excluding tert-OH is 1. The molecule has 2 saturated carbocycles. The zero-order valence-corrected chi connectivity index (χ0v) is 25.1. The first-order chi connectivity index (χ1) is 17.3. The molecule has 2 aliphatic carbocycles. The summed E-state index contributed by atoms with van der Waals surface area (Å²) < 4.78 is 0. The molecular formula is C31H52N2O5. The van der Waals surface area contributed by atoms with Crippen LogP contribution in [0.5, 0.6) is 0 Å². The average Bonchev–Trinajstić information content (AvgIpc) is 3.05. The van der Waals surface area contributed by atoms with Crippen molar-refractivity contribution in [1.82, 2.24) is 4.90 Å². The molecule has 3 aliphatic rings. The summed E-state index contributed by atoms with van der Waals surface area (Å²) >= 11 is 0. The lowest BCUT2D eigenvalue weighted by Gasteiger charge is -2.36. The third-order valence-corrected chi connectivity index (χ3v) is 9.74. The Labute approximate surface area is 229 Å². The molecule has 3 unspecified atom stereocenters. The van der Waals surface area contributed by atoms with Gasteiger partial charge in [-0.2, -0.15) is 0 Å². The number of primary amides is 1. The minimum Gasteiger partial charge on any atom is -0.383 e. The summed E-state index contributed by atoms with van der Waals surface area (Å²) in [6, 6.07) is -0.601. The van der Waals surface area contributed by atoms with Crippen molar-refractivity contribution >= 4 is 23.4 Å². The number of nitrogens with zero attached hydrogens (tertiary/aromatic N) is 1. The van der Waals surface area contributed by atoms with Crippen molar-refractivity contribution in [2.45, 2.75) is 125 Å². The van der Waals surface area contributed by atoms with Crippen molar-refractivity contribution < 1.29 is 24.3 Å². The summed E-state index contributed by atoms with van der Waals surface area (Å²) in [4.78, 5) is 54.7. The van der Waals surface area contributed by atoms with Gasteiger partial charge in [-0.25, -0.2) is 0 Å². The highest BCUT2D eigenvalue weighted by molar-refractivity contribution is 5.93. The van der Waals surface area contributed by atoms with Crippen molar-refractivity contribution in [3.05, 3.63) is 0 Å². The number of aliphatic hydroxyl groups is 1. The fourth-order valence-electron chi connectivity index (χ4n) is 6.88. The van der Waals surface area contributed by atoms with Gasteiger partial charge < -0.3 is 15.7 Å². The van der Waals surface area contributed by atoms with Gasteiger partial charge in [-0.05, 0) is 46.8 Å². The molecule has 3 fully saturated rings. The van der Waals surface area contributed by atoms with Gasteiger partial charge in [-0.15, -0.1) is 0 Å². The van der Waals surface area contributed by atoms with Crippen molar-refractivity contribution in [3.63, 3.8) is 0 Å². The predicted molar refractivity (Wildman–Crippen MR) is 148 cm³/mol. The molecule has 1 saturated heterocycles. The first kappa shape index (κ1) is 30.8. The summed E-state index contributed by atoms with van der Waals surface area (Å²) in [6.07, 6.45) is 4.59. The Bertz CT molecular complexity index is 939. The fraction of sp³-hybridized carbons (Fsp3) is 0.871. The second kappa shape index (κ2) is 10.7. The van der Waals surface area contributed by atoms with E-state index in [9.17, 15) is 24.3 Å². The van der Waals surface area contributed by atoms with Crippen LogP contribution < -0.4 is 5.73 Å². The second-order valence-corrected chi connectivity index (χ2v) is 15.7. The minimum absolute atomic E-state index is 0.0364. The highest BCUT2D eigenvalue weighted by atomic mass is 16.3. The molecule has 3 rings (SSSR count). The number of hydrogen-bond acceptors (Lipinski definition) is 5. The van der Waals surface area contributed by atoms with Gasteiger partial charge in [0.15, 0.2) is 5.78 Å². The lowest BCUT2D eigenvalue weighted by Crippen LogP contribution is -2.48. The molecule has 7 nitrogen and oxygen atoms in total. The number of Topliss-reactive ketones (excluding diaryl/α,β-unsaturated/α-hetero) is 2. The second-order valence-electron chi connectivity index (χ2n) is 15.7. The van der Waals surface area contributed by atoms with E-state index in [1.54, 1.807) is 4.90 Å². The highest BCUT2D eigenvalue weighted by Crippen LogP contribution is 2.69. The number of rotatable bonds is 11. The maximum absolute atomic E-state index is 14.2. The molecule has 1 aliphatic heterocycles. The molecule has 0 bridgehead atoms. The Kier molecular flexibility index (Phi) is 8.64. The zero-order chi connectivity index (χ0) is 28.8. The number of carbonyl (C=O) groups excluding carboxylic acids is 4. The summed E-state index contributed by atoms with van der Waals surface area (Å²) in [5.74, 6) is -1.61. The SMILES string of the molecule is CC(C)(C)CC(=O)C[C@H](C(=O)N1CC2(C[C@H]1C(=O)CC(CC1CCC1)C(O)C(N)=O)CC2(C)C)C(C)(C)C. The number of ketones is 2. The Morgan fingerprint density at radius 1 is 1.03 bits per heavy atom. The van der Waals surface area contributed by atoms with Gasteiger partial charge >= 0.3 is 0 Å². The number of carbonyl (C=O) groups is 4. The molecule has 0 aromatic carbocycles. The van der Waals surface area contributed by atoms with E-state index in [-0.39, 0.29) is 46.6 Å². The summed E-state index contributed by atoms with van der Waals surface area (Å²) in [5, 5.41) is 10.6. The first-order valence-corrected chi connectivity index (χ1v) is 14.6. The van der Waals surface area contributed by atoms with Crippen LogP contribution in [0.1, 0.15) is 113 Å². The summed E-state index contributed by atoms with van der Waals surface area (Å²) in [7, 11) is 0. The van der Waals surface area contributed by atoms with E-state index in [2.05, 4.69) is 13.8 Å². The van der Waals surface area contributed by atoms with E-state index in [1.165, 1.54) is 0 Å². The molecule has 0 aromatic heterocycles. The number of amides is 2. The molecule has 38 heavy (non-hydrogen) atoms. The largest absolute Gasteiger partial charge is 0.383 e. The van der Waals surface area contributed by atoms with Crippen LogP contribution in [0.4, 0.5) is 0 Å². The van der Waals surface area contributed by atoms with Gasteiger partial charge in [-0.3, -0.25) is 19.2 Å². The molecule has 216 valence electrons. The van der Waals surface area contributed by atoms with E-state index in [0.29, 0.717) is 31.7 Å². The van der Waals surface area contributed by atoms with Crippen molar-refractivity contribution in [2.24, 2.45) is 45.1 Å². The lowest BCUT2D eigenvalue weighted by atomic mass is 9.74. The van der Waals surface area contributed by atoms with Crippen LogP contribution in [0.25, 0.3) is 0 Å². The maximum atomic E-state index is 14.2. The Hall–Kier alpha value is -1.76. The Morgan fingerprint density at radius 2 is 1.61 bits per heavy atom. The first-order valence-electron chi connectivity index (χ1n) is 14.6. The van der Waals surface area contributed by atoms with Gasteiger partial charge in [0.25, 0.3) is 0 Å². The van der Waals surface area contributed by atoms with Crippen LogP contribution in [0.3, 0.4) is 0 Å². The topological polar surface area (TPSA) is 118 Å². The third-order valence-electron chi connectivity index (χ3n) is 9.74. The van der Waals surface area contributed by atoms with Gasteiger partial charge in [0.2, 0.25) is 11.8 Å². The van der Waals surface area contributed by atoms with Gasteiger partial charge in [0.05, 0.1) is 6.04 Å². The van der Waals surface area contributed by atoms with Crippen LogP contribution in [0.15, 0.2) is 0 Å². The van der Waals surface area contributed by atoms with Crippen molar-refractivity contribution in [2.75, 3.05) is 6.54 Å². The lowest BCUT2D eigenvalue weighted by molar-refractivity contribution is -0.146. The molecule has 0 aromatic rings. The molecular weight excluding hydrogens is 480 g/mol. The van der Waals surface area contributed by atoms with Gasteiger partial charge in [0, 0.05) is 37.6 Å². The fourth-order valence-corrected chi connectivity index (χ4v) is 6.88. The number of hydrogen-bond donors (Lipinski definition) is 2. The van der Waals surface area contributed by atoms with Crippen LogP contribution >= 0.6 is 0 Å². The number of nitrogens with two attached hydrogens (primary N) is 1. The van der Waals surface area contributed by atoms with Gasteiger partial charge in [0.1, 0.15) is 11.9 Å². The van der Waals surface area contributed by atoms with E-state index in [1.807, 2.05) is 41.5 Å². The highest BCUT2D eigenvalue weighted by Gasteiger charge is 2.67. The minimum atomic E-state index is -1.37. The quantitative estimate of drug-likeness (QED) is 0.401. The van der Waals surface area contributed by atoms with Crippen LogP contribution in [0, 0.1) is 39.4 Å².